The minimum atomic E-state index is -4.56. The van der Waals surface area contributed by atoms with E-state index in [1.165, 1.54) is 36.3 Å². The normalized spacial score (nSPS) is 16.5. The zero-order chi connectivity index (χ0) is 23.3. The van der Waals surface area contributed by atoms with Gasteiger partial charge < -0.3 is 14.5 Å². The minimum Gasteiger partial charge on any atom is -0.497 e. The first kappa shape index (κ1) is 23.6. The second kappa shape index (κ2) is 10.0. The molecule has 1 atom stereocenters. The third-order valence-electron chi connectivity index (χ3n) is 5.36. The Labute approximate surface area is 183 Å². The van der Waals surface area contributed by atoms with Crippen molar-refractivity contribution in [3.05, 3.63) is 65.5 Å². The number of benzene rings is 2. The highest BCUT2D eigenvalue weighted by molar-refractivity contribution is 5.94. The van der Waals surface area contributed by atoms with Gasteiger partial charge in [-0.1, -0.05) is 12.1 Å². The summed E-state index contributed by atoms with van der Waals surface area (Å²) in [5.41, 5.74) is 0.809. The SMILES string of the molecule is COc1ccc(CN(CC(F)(F)F)C(=O)C2CCCN(C(=O)c3ccc(F)cc3)C2)cc1. The van der Waals surface area contributed by atoms with Gasteiger partial charge in [-0.05, 0) is 54.8 Å². The third-order valence-corrected chi connectivity index (χ3v) is 5.36. The highest BCUT2D eigenvalue weighted by atomic mass is 19.4. The lowest BCUT2D eigenvalue weighted by atomic mass is 9.95. The summed E-state index contributed by atoms with van der Waals surface area (Å²) in [7, 11) is 1.48. The van der Waals surface area contributed by atoms with Crippen LogP contribution < -0.4 is 4.74 Å². The molecular weight excluding hydrogens is 428 g/mol. The van der Waals surface area contributed by atoms with Crippen molar-refractivity contribution in [1.82, 2.24) is 9.80 Å². The maximum Gasteiger partial charge on any atom is 0.406 e. The van der Waals surface area contributed by atoms with Crippen LogP contribution in [0.1, 0.15) is 28.8 Å². The van der Waals surface area contributed by atoms with Crippen molar-refractivity contribution in [2.45, 2.75) is 25.6 Å². The zero-order valence-electron chi connectivity index (χ0n) is 17.6. The number of ether oxygens (including phenoxy) is 1. The largest absolute Gasteiger partial charge is 0.497 e. The van der Waals surface area contributed by atoms with Gasteiger partial charge in [-0.25, -0.2) is 4.39 Å². The first-order valence-electron chi connectivity index (χ1n) is 10.2. The van der Waals surface area contributed by atoms with Crippen LogP contribution >= 0.6 is 0 Å². The number of alkyl halides is 3. The molecule has 0 aliphatic carbocycles. The molecule has 1 unspecified atom stereocenters. The molecule has 1 saturated heterocycles. The number of halogens is 4. The lowest BCUT2D eigenvalue weighted by Crippen LogP contribution is -2.48. The zero-order valence-corrected chi connectivity index (χ0v) is 17.6. The average Bonchev–Trinajstić information content (AvgIpc) is 2.78. The number of carbonyl (C=O) groups excluding carboxylic acids is 2. The minimum absolute atomic E-state index is 0.0199. The smallest absolute Gasteiger partial charge is 0.406 e. The van der Waals surface area contributed by atoms with Crippen LogP contribution in [0.5, 0.6) is 5.75 Å². The van der Waals surface area contributed by atoms with Crippen LogP contribution in [0.15, 0.2) is 48.5 Å². The molecule has 5 nitrogen and oxygen atoms in total. The molecular formula is C23H24F4N2O3. The summed E-state index contributed by atoms with van der Waals surface area (Å²) in [5, 5.41) is 0. The van der Waals surface area contributed by atoms with Crippen LogP contribution in [0.25, 0.3) is 0 Å². The summed E-state index contributed by atoms with van der Waals surface area (Å²) < 4.78 is 57.8. The number of amides is 2. The van der Waals surface area contributed by atoms with E-state index in [-0.39, 0.29) is 24.6 Å². The lowest BCUT2D eigenvalue weighted by Gasteiger charge is -2.35. The highest BCUT2D eigenvalue weighted by Gasteiger charge is 2.37. The topological polar surface area (TPSA) is 49.9 Å². The lowest BCUT2D eigenvalue weighted by molar-refractivity contribution is -0.165. The van der Waals surface area contributed by atoms with Gasteiger partial charge in [0.15, 0.2) is 0 Å². The second-order valence-electron chi connectivity index (χ2n) is 7.75. The maximum atomic E-state index is 13.2. The van der Waals surface area contributed by atoms with Gasteiger partial charge in [0, 0.05) is 25.2 Å². The van der Waals surface area contributed by atoms with E-state index in [1.807, 2.05) is 0 Å². The number of carbonyl (C=O) groups is 2. The molecule has 0 spiro atoms. The summed E-state index contributed by atoms with van der Waals surface area (Å²) >= 11 is 0. The van der Waals surface area contributed by atoms with E-state index >= 15 is 0 Å². The van der Waals surface area contributed by atoms with Crippen LogP contribution in [-0.4, -0.2) is 54.5 Å². The molecule has 0 aromatic heterocycles. The predicted molar refractivity (Wildman–Crippen MR) is 109 cm³/mol. The Morgan fingerprint density at radius 3 is 2.34 bits per heavy atom. The molecule has 1 aliphatic rings. The average molecular weight is 452 g/mol. The molecule has 172 valence electrons. The molecule has 0 N–H and O–H groups in total. The molecule has 2 amide bonds. The number of piperidine rings is 1. The first-order chi connectivity index (χ1) is 15.2. The monoisotopic (exact) mass is 452 g/mol. The molecule has 1 fully saturated rings. The van der Waals surface area contributed by atoms with Gasteiger partial charge in [0.05, 0.1) is 13.0 Å². The number of hydrogen-bond acceptors (Lipinski definition) is 3. The van der Waals surface area contributed by atoms with Crippen molar-refractivity contribution in [1.29, 1.82) is 0 Å². The van der Waals surface area contributed by atoms with Crippen molar-refractivity contribution in [2.24, 2.45) is 5.92 Å². The molecule has 32 heavy (non-hydrogen) atoms. The summed E-state index contributed by atoms with van der Waals surface area (Å²) in [6, 6.07) is 11.5. The van der Waals surface area contributed by atoms with Gasteiger partial charge in [0.1, 0.15) is 18.1 Å². The van der Waals surface area contributed by atoms with Gasteiger partial charge in [-0.2, -0.15) is 13.2 Å². The van der Waals surface area contributed by atoms with Gasteiger partial charge in [0.25, 0.3) is 5.91 Å². The molecule has 0 radical (unpaired) electrons. The Morgan fingerprint density at radius 1 is 1.09 bits per heavy atom. The molecule has 2 aromatic carbocycles. The molecule has 2 aromatic rings. The Bertz CT molecular complexity index is 930. The molecule has 1 heterocycles. The quantitative estimate of drug-likeness (QED) is 0.615. The molecule has 0 bridgehead atoms. The second-order valence-corrected chi connectivity index (χ2v) is 7.75. The van der Waals surface area contributed by atoms with Gasteiger partial charge in [0.2, 0.25) is 5.91 Å². The number of methoxy groups -OCH3 is 1. The van der Waals surface area contributed by atoms with E-state index in [9.17, 15) is 27.2 Å². The maximum absolute atomic E-state index is 13.2. The first-order valence-corrected chi connectivity index (χ1v) is 10.2. The van der Waals surface area contributed by atoms with Crippen molar-refractivity contribution in [3.8, 4) is 5.75 Å². The van der Waals surface area contributed by atoms with Gasteiger partial charge in [-0.3, -0.25) is 9.59 Å². The molecule has 9 heteroatoms. The van der Waals surface area contributed by atoms with Crippen LogP contribution in [0.3, 0.4) is 0 Å². The summed E-state index contributed by atoms with van der Waals surface area (Å²) in [6.45, 7) is -1.17. The Hall–Kier alpha value is -3.10. The van der Waals surface area contributed by atoms with E-state index < -0.39 is 30.4 Å². The van der Waals surface area contributed by atoms with Crippen molar-refractivity contribution in [2.75, 3.05) is 26.7 Å². The van der Waals surface area contributed by atoms with Crippen LogP contribution in [0.4, 0.5) is 17.6 Å². The fourth-order valence-corrected chi connectivity index (χ4v) is 3.78. The van der Waals surface area contributed by atoms with Crippen LogP contribution in [0.2, 0.25) is 0 Å². The van der Waals surface area contributed by atoms with Gasteiger partial charge in [-0.15, -0.1) is 0 Å². The molecule has 1 aliphatic heterocycles. The fourth-order valence-electron chi connectivity index (χ4n) is 3.78. The Morgan fingerprint density at radius 2 is 1.75 bits per heavy atom. The van der Waals surface area contributed by atoms with E-state index in [2.05, 4.69) is 0 Å². The third kappa shape index (κ3) is 6.21. The van der Waals surface area contributed by atoms with E-state index in [0.29, 0.717) is 30.7 Å². The molecule has 0 saturated carbocycles. The molecule has 3 rings (SSSR count). The van der Waals surface area contributed by atoms with E-state index in [4.69, 9.17) is 4.74 Å². The Kier molecular flexibility index (Phi) is 7.37. The Balaban J connectivity index is 1.73. The van der Waals surface area contributed by atoms with Crippen molar-refractivity contribution >= 4 is 11.8 Å². The van der Waals surface area contributed by atoms with E-state index in [0.717, 1.165) is 4.90 Å². The summed E-state index contributed by atoms with van der Waals surface area (Å²) in [4.78, 5) is 28.0. The number of nitrogens with zero attached hydrogens (tertiary/aromatic N) is 2. The number of likely N-dealkylation sites (tertiary alicyclic amines) is 1. The summed E-state index contributed by atoms with van der Waals surface area (Å²) in [6.07, 6.45) is -3.67. The highest BCUT2D eigenvalue weighted by Crippen LogP contribution is 2.25. The van der Waals surface area contributed by atoms with Crippen LogP contribution in [-0.2, 0) is 11.3 Å². The predicted octanol–water partition coefficient (Wildman–Crippen LogP) is 4.28. The van der Waals surface area contributed by atoms with Crippen molar-refractivity contribution in [3.63, 3.8) is 0 Å². The van der Waals surface area contributed by atoms with Gasteiger partial charge >= 0.3 is 6.18 Å². The van der Waals surface area contributed by atoms with E-state index in [1.54, 1.807) is 24.3 Å². The van der Waals surface area contributed by atoms with Crippen LogP contribution in [0, 0.1) is 11.7 Å². The van der Waals surface area contributed by atoms with Crippen molar-refractivity contribution < 1.29 is 31.9 Å². The standard InChI is InChI=1S/C23H24F4N2O3/c1-32-20-10-4-16(5-11-20)13-29(15-23(25,26)27)22(31)18-3-2-12-28(14-18)21(30)17-6-8-19(24)9-7-17/h4-11,18H,2-3,12-15H2,1H3. The summed E-state index contributed by atoms with van der Waals surface area (Å²) in [5.74, 6) is -1.68. The number of rotatable bonds is 6. The fraction of sp³-hybridized carbons (Fsp3) is 0.391. The number of hydrogen-bond donors (Lipinski definition) is 0.